The molecule has 1 aromatic heterocycles. The Labute approximate surface area is 163 Å². The van der Waals surface area contributed by atoms with Gasteiger partial charge in [0.15, 0.2) is 29.0 Å². The molecule has 0 aliphatic heterocycles. The third-order valence-corrected chi connectivity index (χ3v) is 4.20. The number of hydrogen-bond acceptors (Lipinski definition) is 3. The summed E-state index contributed by atoms with van der Waals surface area (Å²) in [6.07, 6.45) is 0. The van der Waals surface area contributed by atoms with Gasteiger partial charge in [0.1, 0.15) is 23.8 Å². The SMILES string of the molecule is O=C(Nc1c(F)c(F)c(F)c(F)c1F)c1ccc(COc2ccccc2Br)o1. The summed E-state index contributed by atoms with van der Waals surface area (Å²) in [7, 11) is 0. The summed E-state index contributed by atoms with van der Waals surface area (Å²) in [5.41, 5.74) is -1.47. The van der Waals surface area contributed by atoms with E-state index in [1.165, 1.54) is 12.1 Å². The Kier molecular flexibility index (Phi) is 5.68. The van der Waals surface area contributed by atoms with Gasteiger partial charge in [-0.15, -0.1) is 0 Å². The second kappa shape index (κ2) is 8.01. The molecule has 0 saturated carbocycles. The molecule has 146 valence electrons. The Morgan fingerprint density at radius 3 is 2.18 bits per heavy atom. The van der Waals surface area contributed by atoms with Crippen molar-refractivity contribution in [2.24, 2.45) is 0 Å². The van der Waals surface area contributed by atoms with Crippen LogP contribution in [0.15, 0.2) is 45.3 Å². The molecule has 2 aromatic carbocycles. The summed E-state index contributed by atoms with van der Waals surface area (Å²) >= 11 is 3.29. The lowest BCUT2D eigenvalue weighted by Gasteiger charge is -2.09. The highest BCUT2D eigenvalue weighted by Gasteiger charge is 2.27. The lowest BCUT2D eigenvalue weighted by Crippen LogP contribution is -2.16. The molecule has 0 fully saturated rings. The third kappa shape index (κ3) is 3.86. The van der Waals surface area contributed by atoms with Crippen LogP contribution in [0.4, 0.5) is 27.6 Å². The second-order valence-corrected chi connectivity index (χ2v) is 6.24. The van der Waals surface area contributed by atoms with Crippen molar-refractivity contribution in [1.82, 2.24) is 0 Å². The highest BCUT2D eigenvalue weighted by molar-refractivity contribution is 9.10. The lowest BCUT2D eigenvalue weighted by molar-refractivity contribution is 0.0991. The molecule has 0 saturated heterocycles. The van der Waals surface area contributed by atoms with Crippen LogP contribution in [0.1, 0.15) is 16.3 Å². The highest BCUT2D eigenvalue weighted by atomic mass is 79.9. The van der Waals surface area contributed by atoms with Gasteiger partial charge >= 0.3 is 0 Å². The van der Waals surface area contributed by atoms with Crippen LogP contribution in [0.2, 0.25) is 0 Å². The zero-order valence-electron chi connectivity index (χ0n) is 13.7. The number of rotatable bonds is 5. The number of ether oxygens (including phenoxy) is 1. The number of halogens is 6. The van der Waals surface area contributed by atoms with Crippen molar-refractivity contribution < 1.29 is 35.9 Å². The number of carbonyl (C=O) groups is 1. The van der Waals surface area contributed by atoms with Gasteiger partial charge in [-0.05, 0) is 40.2 Å². The fraction of sp³-hybridized carbons (Fsp3) is 0.0556. The van der Waals surface area contributed by atoms with E-state index >= 15 is 0 Å². The van der Waals surface area contributed by atoms with E-state index in [0.717, 1.165) is 0 Å². The molecule has 1 heterocycles. The largest absolute Gasteiger partial charge is 0.484 e. The van der Waals surface area contributed by atoms with E-state index in [2.05, 4.69) is 15.9 Å². The van der Waals surface area contributed by atoms with Gasteiger partial charge < -0.3 is 14.5 Å². The maximum absolute atomic E-state index is 13.6. The molecule has 4 nitrogen and oxygen atoms in total. The van der Waals surface area contributed by atoms with Crippen LogP contribution in [0.3, 0.4) is 0 Å². The first-order chi connectivity index (χ1) is 13.3. The van der Waals surface area contributed by atoms with Crippen LogP contribution in [-0.2, 0) is 6.61 Å². The Morgan fingerprint density at radius 2 is 1.54 bits per heavy atom. The summed E-state index contributed by atoms with van der Waals surface area (Å²) < 4.78 is 78.1. The predicted molar refractivity (Wildman–Crippen MR) is 91.4 cm³/mol. The molecular formula is C18H9BrF5NO3. The molecule has 1 N–H and O–H groups in total. The zero-order chi connectivity index (χ0) is 20.4. The Balaban J connectivity index is 1.74. The van der Waals surface area contributed by atoms with Crippen LogP contribution in [-0.4, -0.2) is 5.91 Å². The first-order valence-corrected chi connectivity index (χ1v) is 8.37. The van der Waals surface area contributed by atoms with E-state index in [0.29, 0.717) is 10.2 Å². The van der Waals surface area contributed by atoms with Crippen LogP contribution < -0.4 is 10.1 Å². The van der Waals surface area contributed by atoms with Gasteiger partial charge in [-0.1, -0.05) is 12.1 Å². The van der Waals surface area contributed by atoms with Crippen molar-refractivity contribution in [2.75, 3.05) is 5.32 Å². The smallest absolute Gasteiger partial charge is 0.291 e. The molecule has 0 aliphatic rings. The molecule has 0 spiro atoms. The highest BCUT2D eigenvalue weighted by Crippen LogP contribution is 2.28. The van der Waals surface area contributed by atoms with Crippen molar-refractivity contribution in [3.05, 3.63) is 81.5 Å². The first kappa shape index (κ1) is 19.9. The average Bonchev–Trinajstić information content (AvgIpc) is 3.16. The standard InChI is InChI=1S/C18H9BrF5NO3/c19-9-3-1-2-4-10(9)27-7-8-5-6-11(28-8)18(26)25-17-15(23)13(21)12(20)14(22)16(17)24/h1-6H,7H2,(H,25,26). The predicted octanol–water partition coefficient (Wildman–Crippen LogP) is 5.57. The number of para-hydroxylation sites is 1. The van der Waals surface area contributed by atoms with Crippen LogP contribution in [0.5, 0.6) is 5.75 Å². The Hall–Kier alpha value is -2.88. The molecule has 0 atom stereocenters. The minimum Gasteiger partial charge on any atom is -0.484 e. The molecule has 28 heavy (non-hydrogen) atoms. The normalized spacial score (nSPS) is 10.8. The number of furan rings is 1. The molecular weight excluding hydrogens is 453 g/mol. The summed E-state index contributed by atoms with van der Waals surface area (Å²) in [6, 6.07) is 9.49. The van der Waals surface area contributed by atoms with E-state index in [1.807, 2.05) is 0 Å². The molecule has 3 rings (SSSR count). The Morgan fingerprint density at radius 1 is 0.929 bits per heavy atom. The molecule has 0 bridgehead atoms. The van der Waals surface area contributed by atoms with Gasteiger partial charge in [0.25, 0.3) is 5.91 Å². The molecule has 0 unspecified atom stereocenters. The van der Waals surface area contributed by atoms with Gasteiger partial charge in [-0.2, -0.15) is 0 Å². The topological polar surface area (TPSA) is 51.5 Å². The quantitative estimate of drug-likeness (QED) is 0.307. The van der Waals surface area contributed by atoms with Gasteiger partial charge in [0.2, 0.25) is 5.82 Å². The third-order valence-electron chi connectivity index (χ3n) is 3.54. The van der Waals surface area contributed by atoms with Crippen molar-refractivity contribution in [3.63, 3.8) is 0 Å². The van der Waals surface area contributed by atoms with Gasteiger partial charge in [0, 0.05) is 0 Å². The fourth-order valence-corrected chi connectivity index (χ4v) is 2.58. The monoisotopic (exact) mass is 461 g/mol. The van der Waals surface area contributed by atoms with E-state index in [1.54, 1.807) is 29.6 Å². The number of benzene rings is 2. The first-order valence-electron chi connectivity index (χ1n) is 7.58. The molecule has 3 aromatic rings. The molecule has 0 radical (unpaired) electrons. The van der Waals surface area contributed by atoms with Gasteiger partial charge in [-0.3, -0.25) is 4.79 Å². The minimum absolute atomic E-state index is 0.0710. The van der Waals surface area contributed by atoms with Crippen molar-refractivity contribution >= 4 is 27.5 Å². The van der Waals surface area contributed by atoms with E-state index in [4.69, 9.17) is 9.15 Å². The van der Waals surface area contributed by atoms with Crippen LogP contribution >= 0.6 is 15.9 Å². The fourth-order valence-electron chi connectivity index (χ4n) is 2.18. The summed E-state index contributed by atoms with van der Waals surface area (Å²) in [5.74, 6) is -11.9. The number of hydrogen-bond donors (Lipinski definition) is 1. The maximum Gasteiger partial charge on any atom is 0.291 e. The summed E-state index contributed by atoms with van der Waals surface area (Å²) in [6.45, 7) is -0.0710. The van der Waals surface area contributed by atoms with Crippen LogP contribution in [0, 0.1) is 29.1 Å². The van der Waals surface area contributed by atoms with E-state index < -0.39 is 46.4 Å². The van der Waals surface area contributed by atoms with Gasteiger partial charge in [-0.25, -0.2) is 22.0 Å². The van der Waals surface area contributed by atoms with Crippen molar-refractivity contribution in [1.29, 1.82) is 0 Å². The summed E-state index contributed by atoms with van der Waals surface area (Å²) in [5, 5.41) is 1.62. The zero-order valence-corrected chi connectivity index (χ0v) is 15.2. The number of carbonyl (C=O) groups excluding carboxylic acids is 1. The van der Waals surface area contributed by atoms with Crippen LogP contribution in [0.25, 0.3) is 0 Å². The second-order valence-electron chi connectivity index (χ2n) is 5.38. The molecule has 0 aliphatic carbocycles. The molecule has 1 amide bonds. The number of nitrogens with one attached hydrogen (secondary N) is 1. The number of amides is 1. The maximum atomic E-state index is 13.6. The number of anilines is 1. The van der Waals surface area contributed by atoms with E-state index in [-0.39, 0.29) is 12.4 Å². The minimum atomic E-state index is -2.32. The summed E-state index contributed by atoms with van der Waals surface area (Å²) in [4.78, 5) is 12.0. The average molecular weight is 462 g/mol. The van der Waals surface area contributed by atoms with Gasteiger partial charge in [0.05, 0.1) is 4.47 Å². The van der Waals surface area contributed by atoms with E-state index in [9.17, 15) is 26.7 Å². The molecule has 10 heteroatoms. The lowest BCUT2D eigenvalue weighted by atomic mass is 10.2. The Bertz CT molecular complexity index is 1020. The van der Waals surface area contributed by atoms with Crippen molar-refractivity contribution in [3.8, 4) is 5.75 Å². The van der Waals surface area contributed by atoms with Crippen molar-refractivity contribution in [2.45, 2.75) is 6.61 Å².